The molecule has 0 heterocycles. The van der Waals surface area contributed by atoms with Gasteiger partial charge < -0.3 is 18.8 Å². The summed E-state index contributed by atoms with van der Waals surface area (Å²) in [5, 5.41) is -4.60. The lowest BCUT2D eigenvalue weighted by Crippen LogP contribution is -2.61. The van der Waals surface area contributed by atoms with E-state index in [-0.39, 0.29) is 23.4 Å². The highest BCUT2D eigenvalue weighted by Gasteiger charge is 2.61. The van der Waals surface area contributed by atoms with Crippen molar-refractivity contribution in [3.8, 4) is 0 Å². The number of ether oxygens (including phenoxy) is 3. The molecule has 0 amide bonds. The van der Waals surface area contributed by atoms with E-state index in [2.05, 4.69) is 11.3 Å². The lowest BCUT2D eigenvalue weighted by atomic mass is 9.52. The molecule has 0 aromatic carbocycles. The molecule has 0 spiro atoms. The molecule has 2 atom stereocenters. The molecule has 0 N–H and O–H groups in total. The summed E-state index contributed by atoms with van der Waals surface area (Å²) >= 11 is 0. The van der Waals surface area contributed by atoms with E-state index in [1.165, 1.54) is 6.92 Å². The molecule has 0 aliphatic heterocycles. The van der Waals surface area contributed by atoms with Gasteiger partial charge in [-0.1, -0.05) is 6.58 Å². The molecular formula is C18H23F2O8S-. The van der Waals surface area contributed by atoms with E-state index in [0.29, 0.717) is 19.3 Å². The molecular weight excluding hydrogens is 414 g/mol. The van der Waals surface area contributed by atoms with Gasteiger partial charge in [-0.15, -0.1) is 0 Å². The topological polar surface area (TPSA) is 119 Å². The molecule has 0 radical (unpaired) electrons. The largest absolute Gasteiger partial charge is 0.743 e. The van der Waals surface area contributed by atoms with E-state index in [1.807, 2.05) is 0 Å². The van der Waals surface area contributed by atoms with Crippen molar-refractivity contribution >= 4 is 22.1 Å². The van der Waals surface area contributed by atoms with Crippen LogP contribution in [0.2, 0.25) is 0 Å². The van der Waals surface area contributed by atoms with Crippen molar-refractivity contribution in [1.82, 2.24) is 0 Å². The first kappa shape index (κ1) is 22.1. The SMILES string of the molecule is C=C(COCC(F)(F)S(=O)(=O)[O-])C(=O)OC12CC3CC(CC(OC(C)=O)(C3)C1)C2. The summed E-state index contributed by atoms with van der Waals surface area (Å²) in [5.41, 5.74) is -1.75. The third kappa shape index (κ3) is 4.61. The van der Waals surface area contributed by atoms with Crippen LogP contribution in [0.25, 0.3) is 0 Å². The van der Waals surface area contributed by atoms with E-state index in [9.17, 15) is 31.3 Å². The normalized spacial score (nSPS) is 33.4. The first-order valence-electron chi connectivity index (χ1n) is 9.27. The fourth-order valence-corrected chi connectivity index (χ4v) is 5.56. The van der Waals surface area contributed by atoms with Crippen molar-refractivity contribution in [3.05, 3.63) is 12.2 Å². The summed E-state index contributed by atoms with van der Waals surface area (Å²) in [4.78, 5) is 24.0. The number of esters is 2. The van der Waals surface area contributed by atoms with Gasteiger partial charge in [0.15, 0.2) is 10.1 Å². The molecule has 4 aliphatic rings. The second-order valence-corrected chi connectivity index (χ2v) is 10.0. The average Bonchev–Trinajstić information content (AvgIpc) is 2.50. The van der Waals surface area contributed by atoms with Gasteiger partial charge in [0.2, 0.25) is 0 Å². The standard InChI is InChI=1S/C18H24F2O8S/c1-11(8-26-10-18(19,20)29(23,24)25)15(22)28-17-6-13-3-14(7-17)5-16(4-13,9-17)27-12(2)21/h13-14H,1,3-10H2,2H3,(H,23,24,25)/p-1. The van der Waals surface area contributed by atoms with Crippen molar-refractivity contribution < 1.29 is 45.6 Å². The Morgan fingerprint density at radius 2 is 1.66 bits per heavy atom. The number of hydrogen-bond acceptors (Lipinski definition) is 8. The number of carbonyl (C=O) groups is 2. The van der Waals surface area contributed by atoms with Gasteiger partial charge in [0, 0.05) is 13.3 Å². The van der Waals surface area contributed by atoms with Crippen LogP contribution >= 0.6 is 0 Å². The van der Waals surface area contributed by atoms with Gasteiger partial charge in [-0.05, 0) is 43.9 Å². The van der Waals surface area contributed by atoms with Gasteiger partial charge in [-0.25, -0.2) is 13.2 Å². The summed E-state index contributed by atoms with van der Waals surface area (Å²) in [6.45, 7) is 2.39. The monoisotopic (exact) mass is 437 g/mol. The van der Waals surface area contributed by atoms with E-state index >= 15 is 0 Å². The molecule has 4 fully saturated rings. The predicted molar refractivity (Wildman–Crippen MR) is 92.6 cm³/mol. The highest BCUT2D eigenvalue weighted by molar-refractivity contribution is 7.86. The highest BCUT2D eigenvalue weighted by Crippen LogP contribution is 2.60. The van der Waals surface area contributed by atoms with Gasteiger partial charge in [-0.3, -0.25) is 4.79 Å². The van der Waals surface area contributed by atoms with Crippen LogP contribution < -0.4 is 0 Å². The van der Waals surface area contributed by atoms with Crippen LogP contribution in [0, 0.1) is 11.8 Å². The Morgan fingerprint density at radius 1 is 1.14 bits per heavy atom. The van der Waals surface area contributed by atoms with Crippen molar-refractivity contribution in [3.63, 3.8) is 0 Å². The van der Waals surface area contributed by atoms with E-state index < -0.39 is 45.8 Å². The Labute approximate surface area is 167 Å². The molecule has 4 bridgehead atoms. The number of carbonyl (C=O) groups excluding carboxylic acids is 2. The summed E-state index contributed by atoms with van der Waals surface area (Å²) in [6.07, 6.45) is 4.05. The van der Waals surface area contributed by atoms with Crippen molar-refractivity contribution in [2.24, 2.45) is 11.8 Å². The Balaban J connectivity index is 1.60. The van der Waals surface area contributed by atoms with E-state index in [1.54, 1.807) is 0 Å². The maximum atomic E-state index is 13.1. The maximum absolute atomic E-state index is 13.1. The molecule has 164 valence electrons. The zero-order valence-electron chi connectivity index (χ0n) is 15.9. The average molecular weight is 437 g/mol. The van der Waals surface area contributed by atoms with Gasteiger partial charge >= 0.3 is 17.2 Å². The molecule has 4 aliphatic carbocycles. The number of alkyl halides is 2. The van der Waals surface area contributed by atoms with E-state index in [0.717, 1.165) is 19.3 Å². The summed E-state index contributed by atoms with van der Waals surface area (Å²) in [7, 11) is -5.87. The second-order valence-electron chi connectivity index (χ2n) is 8.50. The Bertz CT molecular complexity index is 808. The van der Waals surface area contributed by atoms with Crippen molar-refractivity contribution in [2.75, 3.05) is 13.2 Å². The maximum Gasteiger partial charge on any atom is 0.357 e. The Hall–Kier alpha value is -1.59. The molecule has 0 saturated heterocycles. The van der Waals surface area contributed by atoms with Gasteiger partial charge in [0.05, 0.1) is 12.2 Å². The third-order valence-corrected chi connectivity index (χ3v) is 6.67. The van der Waals surface area contributed by atoms with Crippen molar-refractivity contribution in [1.29, 1.82) is 0 Å². The minimum Gasteiger partial charge on any atom is -0.743 e. The quantitative estimate of drug-likeness (QED) is 0.321. The molecule has 4 saturated carbocycles. The summed E-state index contributed by atoms with van der Waals surface area (Å²) in [6, 6.07) is 0. The summed E-state index contributed by atoms with van der Waals surface area (Å²) < 4.78 is 73.4. The van der Waals surface area contributed by atoms with Crippen LogP contribution in [-0.2, 0) is 33.9 Å². The Morgan fingerprint density at radius 3 is 2.14 bits per heavy atom. The molecule has 4 rings (SSSR count). The van der Waals surface area contributed by atoms with Crippen LogP contribution in [-0.4, -0.2) is 54.6 Å². The molecule has 8 nitrogen and oxygen atoms in total. The first-order chi connectivity index (χ1) is 13.2. The minimum absolute atomic E-state index is 0.258. The molecule has 2 unspecified atom stereocenters. The van der Waals surface area contributed by atoms with Gasteiger partial charge in [-0.2, -0.15) is 8.78 Å². The van der Waals surface area contributed by atoms with Gasteiger partial charge in [0.25, 0.3) is 0 Å². The minimum atomic E-state index is -5.87. The molecule has 0 aromatic rings. The van der Waals surface area contributed by atoms with Crippen LogP contribution in [0.15, 0.2) is 12.2 Å². The zero-order chi connectivity index (χ0) is 21.7. The van der Waals surface area contributed by atoms with Crippen LogP contribution in [0.1, 0.15) is 45.4 Å². The number of rotatable bonds is 8. The van der Waals surface area contributed by atoms with Crippen molar-refractivity contribution in [2.45, 2.75) is 61.9 Å². The predicted octanol–water partition coefficient (Wildman–Crippen LogP) is 1.89. The first-order valence-corrected chi connectivity index (χ1v) is 10.7. The second kappa shape index (κ2) is 7.28. The molecule has 29 heavy (non-hydrogen) atoms. The van der Waals surface area contributed by atoms with Crippen LogP contribution in [0.3, 0.4) is 0 Å². The zero-order valence-corrected chi connectivity index (χ0v) is 16.8. The van der Waals surface area contributed by atoms with E-state index in [4.69, 9.17) is 9.47 Å². The number of halogens is 2. The highest BCUT2D eigenvalue weighted by atomic mass is 32.2. The lowest BCUT2D eigenvalue weighted by molar-refractivity contribution is -0.228. The Kier molecular flexibility index (Phi) is 5.55. The fourth-order valence-electron chi connectivity index (χ4n) is 5.33. The van der Waals surface area contributed by atoms with Crippen LogP contribution in [0.5, 0.6) is 0 Å². The van der Waals surface area contributed by atoms with Crippen LogP contribution in [0.4, 0.5) is 8.78 Å². The van der Waals surface area contributed by atoms with Gasteiger partial charge in [0.1, 0.15) is 17.8 Å². The fraction of sp³-hybridized carbons (Fsp3) is 0.778. The number of hydrogen-bond donors (Lipinski definition) is 0. The molecule has 11 heteroatoms. The smallest absolute Gasteiger partial charge is 0.357 e. The summed E-state index contributed by atoms with van der Waals surface area (Å²) in [5.74, 6) is -0.721. The lowest BCUT2D eigenvalue weighted by Gasteiger charge is -2.60. The molecule has 0 aromatic heterocycles. The third-order valence-electron chi connectivity index (χ3n) is 5.82.